The van der Waals surface area contributed by atoms with Crippen LogP contribution in [0.1, 0.15) is 6.42 Å². The van der Waals surface area contributed by atoms with E-state index in [4.69, 9.17) is 5.73 Å². The number of benzene rings is 2. The SMILES string of the molecule is I.NC(=NCC1CCN(c2ccc(F)c(F)c2)C1)N1CCN(c2ccc(F)cc2)CC1. The molecule has 31 heavy (non-hydrogen) atoms. The smallest absolute Gasteiger partial charge is 0.191 e. The molecule has 2 N–H and O–H groups in total. The number of halogens is 4. The average molecular weight is 545 g/mol. The second-order valence-corrected chi connectivity index (χ2v) is 7.85. The molecule has 0 aromatic heterocycles. The molecule has 0 spiro atoms. The van der Waals surface area contributed by atoms with Crippen molar-refractivity contribution in [3.05, 3.63) is 59.9 Å². The van der Waals surface area contributed by atoms with Crippen LogP contribution in [-0.4, -0.2) is 56.7 Å². The molecule has 2 heterocycles. The molecule has 2 aliphatic rings. The summed E-state index contributed by atoms with van der Waals surface area (Å²) in [5.74, 6) is -1.01. The first-order valence-corrected chi connectivity index (χ1v) is 10.2. The van der Waals surface area contributed by atoms with Gasteiger partial charge in [0.05, 0.1) is 0 Å². The number of hydrogen-bond donors (Lipinski definition) is 1. The molecule has 2 aromatic carbocycles. The number of aliphatic imine (C=N–C) groups is 1. The third-order valence-corrected chi connectivity index (χ3v) is 5.86. The van der Waals surface area contributed by atoms with Crippen molar-refractivity contribution in [2.45, 2.75) is 6.42 Å². The van der Waals surface area contributed by atoms with Crippen LogP contribution in [0, 0.1) is 23.4 Å². The summed E-state index contributed by atoms with van der Waals surface area (Å²) in [7, 11) is 0. The second kappa shape index (κ2) is 10.4. The number of anilines is 2. The minimum absolute atomic E-state index is 0. The van der Waals surface area contributed by atoms with Crippen molar-refractivity contribution in [1.82, 2.24) is 4.90 Å². The predicted octanol–water partition coefficient (Wildman–Crippen LogP) is 3.69. The summed E-state index contributed by atoms with van der Waals surface area (Å²) < 4.78 is 39.7. The van der Waals surface area contributed by atoms with E-state index in [1.54, 1.807) is 18.2 Å². The van der Waals surface area contributed by atoms with Gasteiger partial charge >= 0.3 is 0 Å². The van der Waals surface area contributed by atoms with Crippen LogP contribution in [0.15, 0.2) is 47.5 Å². The zero-order chi connectivity index (χ0) is 21.1. The predicted molar refractivity (Wildman–Crippen MR) is 129 cm³/mol. The van der Waals surface area contributed by atoms with Gasteiger partial charge in [-0.1, -0.05) is 0 Å². The Morgan fingerprint density at radius 1 is 0.871 bits per heavy atom. The Bertz CT molecular complexity index is 901. The van der Waals surface area contributed by atoms with E-state index in [2.05, 4.69) is 19.7 Å². The van der Waals surface area contributed by atoms with E-state index >= 15 is 0 Å². The molecule has 1 unspecified atom stereocenters. The molecule has 0 aliphatic carbocycles. The van der Waals surface area contributed by atoms with Crippen LogP contribution < -0.4 is 15.5 Å². The summed E-state index contributed by atoms with van der Waals surface area (Å²) in [6, 6.07) is 10.6. The Balaban J connectivity index is 0.00000272. The molecule has 5 nitrogen and oxygen atoms in total. The van der Waals surface area contributed by atoms with Gasteiger partial charge in [0.15, 0.2) is 17.6 Å². The van der Waals surface area contributed by atoms with Crippen molar-refractivity contribution in [2.75, 3.05) is 55.6 Å². The van der Waals surface area contributed by atoms with Gasteiger partial charge in [-0.3, -0.25) is 4.99 Å². The minimum Gasteiger partial charge on any atom is -0.371 e. The lowest BCUT2D eigenvalue weighted by molar-refractivity contribution is 0.379. The molecular weight excluding hydrogens is 518 g/mol. The van der Waals surface area contributed by atoms with Crippen LogP contribution in [-0.2, 0) is 0 Å². The van der Waals surface area contributed by atoms with Crippen molar-refractivity contribution < 1.29 is 13.2 Å². The summed E-state index contributed by atoms with van der Waals surface area (Å²) in [6.07, 6.45) is 0.939. The van der Waals surface area contributed by atoms with Gasteiger partial charge in [0.2, 0.25) is 0 Å². The van der Waals surface area contributed by atoms with Gasteiger partial charge in [0.1, 0.15) is 5.82 Å². The van der Waals surface area contributed by atoms with E-state index in [1.165, 1.54) is 24.3 Å². The highest BCUT2D eigenvalue weighted by Gasteiger charge is 2.24. The van der Waals surface area contributed by atoms with Crippen molar-refractivity contribution in [3.63, 3.8) is 0 Å². The molecule has 4 rings (SSSR count). The molecule has 0 amide bonds. The molecule has 168 valence electrons. The lowest BCUT2D eigenvalue weighted by Crippen LogP contribution is -2.51. The van der Waals surface area contributed by atoms with Gasteiger partial charge in [-0.15, -0.1) is 24.0 Å². The Morgan fingerprint density at radius 3 is 2.23 bits per heavy atom. The van der Waals surface area contributed by atoms with Crippen molar-refractivity contribution >= 4 is 41.3 Å². The zero-order valence-electron chi connectivity index (χ0n) is 17.2. The van der Waals surface area contributed by atoms with Crippen LogP contribution in [0.2, 0.25) is 0 Å². The first kappa shape index (κ1) is 23.5. The number of hydrogen-bond acceptors (Lipinski definition) is 3. The maximum atomic E-state index is 13.5. The average Bonchev–Trinajstić information content (AvgIpc) is 3.24. The van der Waals surface area contributed by atoms with E-state index in [0.717, 1.165) is 51.4 Å². The van der Waals surface area contributed by atoms with Gasteiger partial charge in [0, 0.05) is 63.3 Å². The molecule has 0 saturated carbocycles. The third kappa shape index (κ3) is 5.75. The van der Waals surface area contributed by atoms with Gasteiger partial charge in [-0.05, 0) is 48.7 Å². The van der Waals surface area contributed by atoms with E-state index in [9.17, 15) is 13.2 Å². The molecule has 2 aromatic rings. The number of nitrogens with two attached hydrogens (primary N) is 1. The highest BCUT2D eigenvalue weighted by molar-refractivity contribution is 14.0. The Morgan fingerprint density at radius 2 is 1.55 bits per heavy atom. The van der Waals surface area contributed by atoms with E-state index < -0.39 is 11.6 Å². The van der Waals surface area contributed by atoms with Crippen LogP contribution in [0.25, 0.3) is 0 Å². The Labute approximate surface area is 197 Å². The molecule has 0 bridgehead atoms. The summed E-state index contributed by atoms with van der Waals surface area (Å²) in [5.41, 5.74) is 7.92. The first-order chi connectivity index (χ1) is 14.5. The van der Waals surface area contributed by atoms with Crippen LogP contribution in [0.3, 0.4) is 0 Å². The lowest BCUT2D eigenvalue weighted by Gasteiger charge is -2.36. The number of piperazine rings is 1. The maximum Gasteiger partial charge on any atom is 0.191 e. The van der Waals surface area contributed by atoms with Gasteiger partial charge in [-0.2, -0.15) is 0 Å². The van der Waals surface area contributed by atoms with Gasteiger partial charge < -0.3 is 20.4 Å². The standard InChI is InChI=1S/C22H26F3N5.HI/c23-17-1-3-18(4-2-17)28-9-11-29(12-10-28)22(26)27-14-16-7-8-30(15-16)19-5-6-20(24)21(25)13-19;/h1-6,13,16H,7-12,14-15H2,(H2,26,27);1H. The second-order valence-electron chi connectivity index (χ2n) is 7.85. The summed E-state index contributed by atoms with van der Waals surface area (Å²) in [5, 5.41) is 0. The van der Waals surface area contributed by atoms with E-state index in [0.29, 0.717) is 24.1 Å². The third-order valence-electron chi connectivity index (χ3n) is 5.86. The van der Waals surface area contributed by atoms with Crippen LogP contribution in [0.4, 0.5) is 24.5 Å². The van der Waals surface area contributed by atoms with Crippen molar-refractivity contribution in [1.29, 1.82) is 0 Å². The van der Waals surface area contributed by atoms with E-state index in [-0.39, 0.29) is 29.8 Å². The highest BCUT2D eigenvalue weighted by atomic mass is 127. The van der Waals surface area contributed by atoms with Crippen molar-refractivity contribution in [2.24, 2.45) is 16.6 Å². The fourth-order valence-corrected chi connectivity index (χ4v) is 4.07. The molecule has 1 atom stereocenters. The lowest BCUT2D eigenvalue weighted by atomic mass is 10.1. The quantitative estimate of drug-likeness (QED) is 0.362. The molecule has 2 saturated heterocycles. The number of guanidine groups is 1. The fraction of sp³-hybridized carbons (Fsp3) is 0.409. The monoisotopic (exact) mass is 545 g/mol. The Hall–Kier alpha value is -2.17. The molecule has 0 radical (unpaired) electrons. The summed E-state index contributed by atoms with van der Waals surface area (Å²) >= 11 is 0. The summed E-state index contributed by atoms with van der Waals surface area (Å²) in [6.45, 7) is 5.28. The normalized spacial score (nSPS) is 19.5. The largest absolute Gasteiger partial charge is 0.371 e. The minimum atomic E-state index is -0.827. The van der Waals surface area contributed by atoms with Crippen LogP contribution >= 0.6 is 24.0 Å². The maximum absolute atomic E-state index is 13.5. The molecular formula is C22H27F3IN5. The van der Waals surface area contributed by atoms with Gasteiger partial charge in [0.25, 0.3) is 0 Å². The van der Waals surface area contributed by atoms with Crippen LogP contribution in [0.5, 0.6) is 0 Å². The molecule has 9 heteroatoms. The van der Waals surface area contributed by atoms with Crippen molar-refractivity contribution in [3.8, 4) is 0 Å². The van der Waals surface area contributed by atoms with E-state index in [1.807, 2.05) is 0 Å². The zero-order valence-corrected chi connectivity index (χ0v) is 19.5. The number of rotatable bonds is 4. The highest BCUT2D eigenvalue weighted by Crippen LogP contribution is 2.25. The fourth-order valence-electron chi connectivity index (χ4n) is 4.07. The molecule has 2 aliphatic heterocycles. The molecule has 2 fully saturated rings. The first-order valence-electron chi connectivity index (χ1n) is 10.2. The Kier molecular flexibility index (Phi) is 7.90. The summed E-state index contributed by atoms with van der Waals surface area (Å²) in [4.78, 5) is 10.9. The van der Waals surface area contributed by atoms with Gasteiger partial charge in [-0.25, -0.2) is 13.2 Å². The number of nitrogens with zero attached hydrogens (tertiary/aromatic N) is 4. The topological polar surface area (TPSA) is 48.1 Å².